The minimum absolute atomic E-state index is 0.632. The fraction of sp³-hybridized carbons (Fsp3) is 0.714. The van der Waals surface area contributed by atoms with Crippen molar-refractivity contribution in [3.8, 4) is 0 Å². The van der Waals surface area contributed by atoms with Crippen molar-refractivity contribution < 1.29 is 0 Å². The summed E-state index contributed by atoms with van der Waals surface area (Å²) >= 11 is 0. The highest BCUT2D eigenvalue weighted by atomic mass is 15.2. The van der Waals surface area contributed by atoms with Crippen molar-refractivity contribution in [1.82, 2.24) is 9.97 Å². The van der Waals surface area contributed by atoms with E-state index in [4.69, 9.17) is 5.73 Å². The summed E-state index contributed by atoms with van der Waals surface area (Å²) in [5, 5.41) is 0. The fourth-order valence-electron chi connectivity index (χ4n) is 2.34. The minimum atomic E-state index is 0.632. The maximum Gasteiger partial charge on any atom is 0.133 e. The smallest absolute Gasteiger partial charge is 0.133 e. The van der Waals surface area contributed by atoms with Gasteiger partial charge in [-0.25, -0.2) is 9.97 Å². The number of hydrogen-bond acceptors (Lipinski definition) is 5. The van der Waals surface area contributed by atoms with Crippen LogP contribution in [0.5, 0.6) is 0 Å². The summed E-state index contributed by atoms with van der Waals surface area (Å²) in [6, 6.07) is 2.04. The Hall–Kier alpha value is -1.36. The summed E-state index contributed by atoms with van der Waals surface area (Å²) in [6.45, 7) is 2.51. The predicted octanol–water partition coefficient (Wildman–Crippen LogP) is 1.50. The van der Waals surface area contributed by atoms with Gasteiger partial charge in [0.05, 0.1) is 0 Å². The standard InChI is InChI=1S/C14H25N5/c1-18(8-6-12-4-3-5-12)13-10-14(17-11-16-13)19(2)9-7-15/h10-12H,3-9,15H2,1-2H3. The van der Waals surface area contributed by atoms with E-state index in [0.29, 0.717) is 6.54 Å². The molecule has 1 aromatic heterocycles. The molecule has 0 saturated heterocycles. The fourth-order valence-corrected chi connectivity index (χ4v) is 2.34. The van der Waals surface area contributed by atoms with E-state index in [1.54, 1.807) is 6.33 Å². The molecule has 1 fully saturated rings. The Kier molecular flexibility index (Phi) is 4.96. The third-order valence-electron chi connectivity index (χ3n) is 3.98. The first-order chi connectivity index (χ1) is 9.20. The number of nitrogens with zero attached hydrogens (tertiary/aromatic N) is 4. The van der Waals surface area contributed by atoms with Crippen LogP contribution in [0, 0.1) is 5.92 Å². The van der Waals surface area contributed by atoms with Gasteiger partial charge in [0.1, 0.15) is 18.0 Å². The molecule has 1 saturated carbocycles. The Balaban J connectivity index is 1.92. The van der Waals surface area contributed by atoms with Crippen LogP contribution in [0.2, 0.25) is 0 Å². The van der Waals surface area contributed by atoms with E-state index in [0.717, 1.165) is 30.6 Å². The van der Waals surface area contributed by atoms with Crippen molar-refractivity contribution >= 4 is 11.6 Å². The lowest BCUT2D eigenvalue weighted by atomic mass is 9.83. The zero-order valence-electron chi connectivity index (χ0n) is 12.0. The Morgan fingerprint density at radius 1 is 1.16 bits per heavy atom. The summed E-state index contributed by atoms with van der Waals surface area (Å²) in [7, 11) is 4.11. The second-order valence-electron chi connectivity index (χ2n) is 5.45. The number of nitrogens with two attached hydrogens (primary N) is 1. The first-order valence-electron chi connectivity index (χ1n) is 7.15. The molecule has 0 atom stereocenters. The molecule has 0 amide bonds. The number of aromatic nitrogens is 2. The first-order valence-corrected chi connectivity index (χ1v) is 7.15. The quantitative estimate of drug-likeness (QED) is 0.808. The number of anilines is 2. The van der Waals surface area contributed by atoms with Gasteiger partial charge in [0.25, 0.3) is 0 Å². The van der Waals surface area contributed by atoms with E-state index >= 15 is 0 Å². The molecule has 5 heteroatoms. The largest absolute Gasteiger partial charge is 0.360 e. The molecule has 106 valence electrons. The SMILES string of the molecule is CN(CCN)c1cc(N(C)CCC2CCC2)ncn1. The molecule has 19 heavy (non-hydrogen) atoms. The van der Waals surface area contributed by atoms with Gasteiger partial charge in [0.2, 0.25) is 0 Å². The average molecular weight is 263 g/mol. The van der Waals surface area contributed by atoms with Gasteiger partial charge in [0.15, 0.2) is 0 Å². The Bertz CT molecular complexity index is 391. The lowest BCUT2D eigenvalue weighted by molar-refractivity contribution is 0.299. The van der Waals surface area contributed by atoms with Crippen LogP contribution >= 0.6 is 0 Å². The third-order valence-corrected chi connectivity index (χ3v) is 3.98. The van der Waals surface area contributed by atoms with Crippen molar-refractivity contribution in [2.75, 3.05) is 43.5 Å². The van der Waals surface area contributed by atoms with Crippen LogP contribution in [-0.4, -0.2) is 43.7 Å². The van der Waals surface area contributed by atoms with Crippen LogP contribution in [0.25, 0.3) is 0 Å². The molecule has 0 bridgehead atoms. The van der Waals surface area contributed by atoms with Gasteiger partial charge in [-0.2, -0.15) is 0 Å². The molecule has 0 unspecified atom stereocenters. The van der Waals surface area contributed by atoms with Gasteiger partial charge >= 0.3 is 0 Å². The normalized spacial score (nSPS) is 15.1. The minimum Gasteiger partial charge on any atom is -0.360 e. The second kappa shape index (κ2) is 6.70. The molecule has 1 aromatic rings. The van der Waals surface area contributed by atoms with Crippen molar-refractivity contribution in [3.63, 3.8) is 0 Å². The predicted molar refractivity (Wildman–Crippen MR) is 79.6 cm³/mol. The van der Waals surface area contributed by atoms with E-state index in [2.05, 4.69) is 26.8 Å². The molecule has 2 N–H and O–H groups in total. The highest BCUT2D eigenvalue weighted by molar-refractivity contribution is 5.49. The van der Waals surface area contributed by atoms with Crippen molar-refractivity contribution in [2.24, 2.45) is 11.7 Å². The lowest BCUT2D eigenvalue weighted by Crippen LogP contribution is -2.27. The highest BCUT2D eigenvalue weighted by Gasteiger charge is 2.18. The Labute approximate surface area is 115 Å². The topological polar surface area (TPSA) is 58.3 Å². The van der Waals surface area contributed by atoms with E-state index < -0.39 is 0 Å². The lowest BCUT2D eigenvalue weighted by Gasteiger charge is -2.28. The maximum atomic E-state index is 5.57. The molecule has 1 heterocycles. The molecule has 2 rings (SSSR count). The summed E-state index contributed by atoms with van der Waals surface area (Å²) in [5.41, 5.74) is 5.57. The van der Waals surface area contributed by atoms with Gasteiger partial charge in [-0.1, -0.05) is 19.3 Å². The number of likely N-dealkylation sites (N-methyl/N-ethyl adjacent to an activating group) is 1. The summed E-state index contributed by atoms with van der Waals surface area (Å²) in [5.74, 6) is 2.86. The van der Waals surface area contributed by atoms with Gasteiger partial charge in [-0.05, 0) is 12.3 Å². The van der Waals surface area contributed by atoms with Crippen LogP contribution < -0.4 is 15.5 Å². The number of rotatable bonds is 7. The van der Waals surface area contributed by atoms with Crippen molar-refractivity contribution in [1.29, 1.82) is 0 Å². The molecular formula is C14H25N5. The monoisotopic (exact) mass is 263 g/mol. The average Bonchev–Trinajstić information content (AvgIpc) is 2.37. The summed E-state index contributed by atoms with van der Waals surface area (Å²) in [4.78, 5) is 12.9. The van der Waals surface area contributed by atoms with Crippen molar-refractivity contribution in [2.45, 2.75) is 25.7 Å². The molecule has 0 spiro atoms. The summed E-state index contributed by atoms with van der Waals surface area (Å²) in [6.07, 6.45) is 7.13. The first kappa shape index (κ1) is 14.1. The van der Waals surface area contributed by atoms with Gasteiger partial charge in [-0.3, -0.25) is 0 Å². The third kappa shape index (κ3) is 3.80. The molecular weight excluding hydrogens is 238 g/mol. The molecule has 5 nitrogen and oxygen atoms in total. The van der Waals surface area contributed by atoms with E-state index in [9.17, 15) is 0 Å². The zero-order valence-corrected chi connectivity index (χ0v) is 12.0. The highest BCUT2D eigenvalue weighted by Crippen LogP contribution is 2.29. The Morgan fingerprint density at radius 2 is 1.79 bits per heavy atom. The van der Waals surface area contributed by atoms with Crippen LogP contribution in [0.4, 0.5) is 11.6 Å². The Morgan fingerprint density at radius 3 is 2.32 bits per heavy atom. The molecule has 0 aliphatic heterocycles. The van der Waals surface area contributed by atoms with Crippen LogP contribution in [-0.2, 0) is 0 Å². The van der Waals surface area contributed by atoms with Gasteiger partial charge < -0.3 is 15.5 Å². The second-order valence-corrected chi connectivity index (χ2v) is 5.45. The molecule has 1 aliphatic rings. The summed E-state index contributed by atoms with van der Waals surface area (Å²) < 4.78 is 0. The van der Waals surface area contributed by atoms with Crippen LogP contribution in [0.1, 0.15) is 25.7 Å². The van der Waals surface area contributed by atoms with Gasteiger partial charge in [0, 0.05) is 39.8 Å². The number of hydrogen-bond donors (Lipinski definition) is 1. The molecule has 0 radical (unpaired) electrons. The van der Waals surface area contributed by atoms with E-state index in [1.807, 2.05) is 13.1 Å². The van der Waals surface area contributed by atoms with Crippen molar-refractivity contribution in [3.05, 3.63) is 12.4 Å². The molecule has 1 aliphatic carbocycles. The van der Waals surface area contributed by atoms with Gasteiger partial charge in [-0.15, -0.1) is 0 Å². The van der Waals surface area contributed by atoms with Crippen LogP contribution in [0.3, 0.4) is 0 Å². The van der Waals surface area contributed by atoms with Crippen LogP contribution in [0.15, 0.2) is 12.4 Å². The van der Waals surface area contributed by atoms with E-state index in [1.165, 1.54) is 25.7 Å². The maximum absolute atomic E-state index is 5.57. The van der Waals surface area contributed by atoms with E-state index in [-0.39, 0.29) is 0 Å². The zero-order chi connectivity index (χ0) is 13.7. The molecule has 0 aromatic carbocycles.